The van der Waals surface area contributed by atoms with Crippen molar-refractivity contribution in [3.63, 3.8) is 0 Å². The normalized spacial score (nSPS) is 23.0. The number of rotatable bonds is 1. The molecule has 0 spiro atoms. The van der Waals surface area contributed by atoms with Crippen molar-refractivity contribution in [2.24, 2.45) is 4.99 Å². The molecule has 36 heavy (non-hydrogen) atoms. The van der Waals surface area contributed by atoms with Crippen LogP contribution < -0.4 is 15.0 Å². The van der Waals surface area contributed by atoms with Gasteiger partial charge in [-0.3, -0.25) is 19.5 Å². The van der Waals surface area contributed by atoms with Gasteiger partial charge in [-0.1, -0.05) is 11.6 Å². The minimum atomic E-state index is -0.662. The van der Waals surface area contributed by atoms with E-state index in [0.717, 1.165) is 0 Å². The predicted octanol–water partition coefficient (Wildman–Crippen LogP) is 1.29. The number of carbonyl (C=O) groups is 2. The third-order valence-electron chi connectivity index (χ3n) is 6.78. The van der Waals surface area contributed by atoms with Crippen molar-refractivity contribution in [1.29, 1.82) is 0 Å². The first kappa shape index (κ1) is 24.4. The van der Waals surface area contributed by atoms with Gasteiger partial charge in [-0.2, -0.15) is 0 Å². The third kappa shape index (κ3) is 4.73. The number of hydrogen-bond acceptors (Lipinski definition) is 9. The summed E-state index contributed by atoms with van der Waals surface area (Å²) in [6.45, 7) is 2.73. The van der Waals surface area contributed by atoms with Gasteiger partial charge in [-0.25, -0.2) is 9.97 Å². The van der Waals surface area contributed by atoms with Crippen LogP contribution in [0.25, 0.3) is 0 Å². The molecule has 1 aromatic heterocycles. The number of anilines is 2. The Morgan fingerprint density at radius 3 is 2.69 bits per heavy atom. The highest BCUT2D eigenvalue weighted by Gasteiger charge is 2.37. The van der Waals surface area contributed by atoms with Gasteiger partial charge in [0.15, 0.2) is 0 Å². The lowest BCUT2D eigenvalue weighted by atomic mass is 10.0. The van der Waals surface area contributed by atoms with Crippen LogP contribution >= 0.6 is 11.6 Å². The number of halogens is 1. The van der Waals surface area contributed by atoms with Gasteiger partial charge < -0.3 is 25.0 Å². The van der Waals surface area contributed by atoms with Crippen LogP contribution in [0.4, 0.5) is 17.3 Å². The topological polar surface area (TPSA) is 123 Å². The Bertz CT molecular complexity index is 1190. The number of fused-ring (bicyclic) bond motifs is 8. The number of likely N-dealkylation sites (N-methyl/N-ethyl adjacent to an activating group) is 1. The van der Waals surface area contributed by atoms with Crippen LogP contribution in [0.15, 0.2) is 29.5 Å². The van der Waals surface area contributed by atoms with Gasteiger partial charge in [0.1, 0.15) is 35.7 Å². The van der Waals surface area contributed by atoms with Gasteiger partial charge in [0.2, 0.25) is 11.8 Å². The van der Waals surface area contributed by atoms with Gasteiger partial charge in [0.25, 0.3) is 0 Å². The number of aliphatic imine (C=N–C) groups is 1. The Morgan fingerprint density at radius 2 is 1.92 bits per heavy atom. The van der Waals surface area contributed by atoms with E-state index in [1.165, 1.54) is 6.33 Å². The monoisotopic (exact) mass is 513 g/mol. The molecule has 4 aliphatic heterocycles. The summed E-state index contributed by atoms with van der Waals surface area (Å²) in [5.74, 6) is 0.602. The molecule has 2 atom stereocenters. The summed E-state index contributed by atoms with van der Waals surface area (Å²) >= 11 is 6.32. The highest BCUT2D eigenvalue weighted by Crippen LogP contribution is 2.37. The zero-order chi connectivity index (χ0) is 25.2. The Morgan fingerprint density at radius 1 is 1.14 bits per heavy atom. The first-order valence-corrected chi connectivity index (χ1v) is 12.3. The minimum absolute atomic E-state index is 0.107. The van der Waals surface area contributed by atoms with Crippen LogP contribution in [0.3, 0.4) is 0 Å². The highest BCUT2D eigenvalue weighted by molar-refractivity contribution is 6.32. The maximum Gasteiger partial charge on any atom is 0.242 e. The molecule has 0 saturated carbocycles. The number of nitrogens with zero attached hydrogens (tertiary/aromatic N) is 6. The summed E-state index contributed by atoms with van der Waals surface area (Å²) in [4.78, 5) is 45.0. The molecular formula is C24H28ClN7O4. The van der Waals surface area contributed by atoms with Gasteiger partial charge in [0, 0.05) is 45.0 Å². The standard InChI is InChI=1S/C24H28ClN7O4/c1-30-5-2-10-36-19-11-15(3-4-17(19)25)26-12-16-20-21(29-23(16)34)27-14-28-22(20)31-6-8-32(9-7-31)24(35)18(30)13-33/h3-4,11-12,14,16,18,33H,2,5-10,13H2,1H3,(H,27,28,29,34)/t16?,18-/m1/s1. The summed E-state index contributed by atoms with van der Waals surface area (Å²) in [6.07, 6.45) is 3.66. The van der Waals surface area contributed by atoms with Crippen molar-refractivity contribution < 1.29 is 19.4 Å². The largest absolute Gasteiger partial charge is 0.492 e. The molecular weight excluding hydrogens is 486 g/mol. The fourth-order valence-electron chi connectivity index (χ4n) is 4.74. The van der Waals surface area contributed by atoms with Crippen molar-refractivity contribution in [3.05, 3.63) is 35.1 Å². The average Bonchev–Trinajstić information content (AvgIpc) is 3.21. The molecule has 1 fully saturated rings. The lowest BCUT2D eigenvalue weighted by Gasteiger charge is -2.38. The fourth-order valence-corrected chi connectivity index (χ4v) is 4.92. The Kier molecular flexibility index (Phi) is 7.04. The number of aliphatic hydroxyl groups is 1. The smallest absolute Gasteiger partial charge is 0.242 e. The minimum Gasteiger partial charge on any atom is -0.492 e. The van der Waals surface area contributed by atoms with Crippen LogP contribution in [0.2, 0.25) is 5.02 Å². The summed E-state index contributed by atoms with van der Waals surface area (Å²) in [6, 6.07) is 4.56. The maximum absolute atomic E-state index is 13.2. The molecule has 12 heteroatoms. The maximum atomic E-state index is 13.2. The van der Waals surface area contributed by atoms with E-state index >= 15 is 0 Å². The molecule has 4 aliphatic rings. The molecule has 190 valence electrons. The summed E-state index contributed by atoms with van der Waals surface area (Å²) in [7, 11) is 1.83. The van der Waals surface area contributed by atoms with Gasteiger partial charge >= 0.3 is 0 Å². The number of amides is 2. The van der Waals surface area contributed by atoms with E-state index in [0.29, 0.717) is 79.4 Å². The second kappa shape index (κ2) is 10.4. The zero-order valence-corrected chi connectivity index (χ0v) is 20.7. The SMILES string of the molecule is CN1CCCOc2cc(ccc2Cl)N=CC2C(=O)Nc3ncnc(c32)N2CCN(CC2)C(=O)[C@H]1CO. The van der Waals surface area contributed by atoms with E-state index < -0.39 is 12.0 Å². The highest BCUT2D eigenvalue weighted by atomic mass is 35.5. The molecule has 0 radical (unpaired) electrons. The molecule has 1 saturated heterocycles. The van der Waals surface area contributed by atoms with Crippen molar-refractivity contribution >= 4 is 47.0 Å². The molecule has 2 N–H and O–H groups in total. The van der Waals surface area contributed by atoms with Gasteiger partial charge in [-0.15, -0.1) is 0 Å². The number of carbonyl (C=O) groups excluding carboxylic acids is 2. The van der Waals surface area contributed by atoms with Gasteiger partial charge in [-0.05, 0) is 25.6 Å². The molecule has 6 rings (SSSR count). The van der Waals surface area contributed by atoms with Crippen molar-refractivity contribution in [1.82, 2.24) is 19.8 Å². The molecule has 4 bridgehead atoms. The Hall–Kier alpha value is -3.28. The van der Waals surface area contributed by atoms with Crippen LogP contribution in [-0.4, -0.2) is 102 Å². The molecule has 2 aromatic rings. The van der Waals surface area contributed by atoms with E-state index in [4.69, 9.17) is 16.3 Å². The van der Waals surface area contributed by atoms with E-state index in [-0.39, 0.29) is 18.4 Å². The van der Waals surface area contributed by atoms with Crippen molar-refractivity contribution in [3.8, 4) is 5.75 Å². The van der Waals surface area contributed by atoms with Crippen LogP contribution in [-0.2, 0) is 9.59 Å². The third-order valence-corrected chi connectivity index (χ3v) is 7.09. The van der Waals surface area contributed by atoms with E-state index in [9.17, 15) is 14.7 Å². The molecule has 2 amide bonds. The van der Waals surface area contributed by atoms with E-state index in [2.05, 4.69) is 25.2 Å². The fraction of sp³-hybridized carbons (Fsp3) is 0.458. The lowest BCUT2D eigenvalue weighted by Crippen LogP contribution is -2.55. The quantitative estimate of drug-likeness (QED) is 0.584. The number of ether oxygens (including phenoxy) is 1. The van der Waals surface area contributed by atoms with Crippen molar-refractivity contribution in [2.75, 3.05) is 63.2 Å². The summed E-state index contributed by atoms with van der Waals surface area (Å²) < 4.78 is 5.88. The van der Waals surface area contributed by atoms with Crippen LogP contribution in [0.1, 0.15) is 17.9 Å². The lowest BCUT2D eigenvalue weighted by molar-refractivity contribution is -0.138. The number of aliphatic hydroxyl groups excluding tert-OH is 1. The van der Waals surface area contributed by atoms with E-state index in [1.54, 1.807) is 29.3 Å². The zero-order valence-electron chi connectivity index (χ0n) is 19.9. The second-order valence-electron chi connectivity index (χ2n) is 9.01. The summed E-state index contributed by atoms with van der Waals surface area (Å²) in [5.41, 5.74) is 1.27. The summed E-state index contributed by atoms with van der Waals surface area (Å²) in [5, 5.41) is 13.3. The van der Waals surface area contributed by atoms with Crippen LogP contribution in [0.5, 0.6) is 5.75 Å². The number of aromatic nitrogens is 2. The van der Waals surface area contributed by atoms with E-state index in [1.807, 2.05) is 11.9 Å². The van der Waals surface area contributed by atoms with Crippen LogP contribution in [0, 0.1) is 0 Å². The number of piperazine rings is 1. The average molecular weight is 514 g/mol. The first-order valence-electron chi connectivity index (χ1n) is 11.9. The molecule has 5 heterocycles. The van der Waals surface area contributed by atoms with Crippen molar-refractivity contribution in [2.45, 2.75) is 18.4 Å². The molecule has 1 aromatic carbocycles. The predicted molar refractivity (Wildman–Crippen MR) is 135 cm³/mol. The molecule has 0 aliphatic carbocycles. The molecule has 1 unspecified atom stereocenters. The molecule has 11 nitrogen and oxygen atoms in total. The Labute approximate surface area is 213 Å². The van der Waals surface area contributed by atoms with Gasteiger partial charge in [0.05, 0.1) is 29.5 Å². The Balaban J connectivity index is 1.50. The number of nitrogens with one attached hydrogen (secondary N) is 1. The second-order valence-corrected chi connectivity index (χ2v) is 9.42. The number of benzene rings is 1. The number of hydrogen-bond donors (Lipinski definition) is 2. The first-order chi connectivity index (χ1) is 17.5.